The Morgan fingerprint density at radius 2 is 1.92 bits per heavy atom. The molecule has 1 N–H and O–H groups in total. The second-order valence-corrected chi connectivity index (χ2v) is 10.0. The van der Waals surface area contributed by atoms with E-state index in [1.54, 1.807) is 30.6 Å². The molecular weight excluding hydrogens is 520 g/mol. The van der Waals surface area contributed by atoms with E-state index < -0.39 is 5.91 Å². The number of ether oxygens (including phenoxy) is 1. The maximum atomic E-state index is 13.0. The first-order valence-corrected chi connectivity index (χ1v) is 13.1. The highest BCUT2D eigenvalue weighted by Crippen LogP contribution is 2.32. The maximum absolute atomic E-state index is 13.0. The van der Waals surface area contributed by atoms with Gasteiger partial charge in [0.05, 0.1) is 12.2 Å². The van der Waals surface area contributed by atoms with Gasteiger partial charge in [0.25, 0.3) is 5.91 Å². The average molecular weight is 541 g/mol. The SMILES string of the molecule is N=C1/C(=C\c2cn(CCCOc3ccc(Cl)cc3)c3ccccc23)C(=O)N=C2SC(c3cccnc3)=NN12. The summed E-state index contributed by atoms with van der Waals surface area (Å²) in [5.41, 5.74) is 2.88. The van der Waals surface area contributed by atoms with Crippen molar-refractivity contribution in [2.75, 3.05) is 6.61 Å². The van der Waals surface area contributed by atoms with Gasteiger partial charge in [-0.15, -0.1) is 0 Å². The lowest BCUT2D eigenvalue weighted by molar-refractivity contribution is -0.114. The molecule has 0 aliphatic carbocycles. The van der Waals surface area contributed by atoms with Crippen molar-refractivity contribution in [1.82, 2.24) is 14.6 Å². The molecule has 4 aromatic rings. The fourth-order valence-corrected chi connectivity index (χ4v) is 5.29. The molecule has 8 nitrogen and oxygen atoms in total. The number of hydrogen-bond acceptors (Lipinski definition) is 6. The number of aryl methyl sites for hydroxylation is 1. The minimum Gasteiger partial charge on any atom is -0.494 e. The van der Waals surface area contributed by atoms with Crippen molar-refractivity contribution >= 4 is 62.3 Å². The Morgan fingerprint density at radius 1 is 1.08 bits per heavy atom. The molecule has 2 aliphatic heterocycles. The number of hydrogen-bond donors (Lipinski definition) is 1. The number of amides is 1. The van der Waals surface area contributed by atoms with E-state index in [9.17, 15) is 4.79 Å². The van der Waals surface area contributed by atoms with E-state index in [0.717, 1.165) is 40.7 Å². The van der Waals surface area contributed by atoms with Crippen LogP contribution in [0, 0.1) is 5.41 Å². The highest BCUT2D eigenvalue weighted by molar-refractivity contribution is 8.27. The van der Waals surface area contributed by atoms with Crippen molar-refractivity contribution in [2.24, 2.45) is 10.1 Å². The Kier molecular flexibility index (Phi) is 6.53. The van der Waals surface area contributed by atoms with Crippen LogP contribution in [0.1, 0.15) is 17.5 Å². The number of amidine groups is 2. The zero-order valence-electron chi connectivity index (χ0n) is 20.0. The van der Waals surface area contributed by atoms with Gasteiger partial charge in [-0.05, 0) is 66.7 Å². The molecule has 10 heteroatoms. The topological polar surface area (TPSA) is 95.9 Å². The number of carbonyl (C=O) groups excluding carboxylic acids is 1. The summed E-state index contributed by atoms with van der Waals surface area (Å²) in [5.74, 6) is 0.324. The molecule has 0 unspecified atom stereocenters. The van der Waals surface area contributed by atoms with Crippen molar-refractivity contribution < 1.29 is 9.53 Å². The van der Waals surface area contributed by atoms with Crippen LogP contribution >= 0.6 is 23.4 Å². The van der Waals surface area contributed by atoms with E-state index >= 15 is 0 Å². The van der Waals surface area contributed by atoms with Crippen LogP contribution in [-0.2, 0) is 11.3 Å². The summed E-state index contributed by atoms with van der Waals surface area (Å²) >= 11 is 7.19. The van der Waals surface area contributed by atoms with Crippen molar-refractivity contribution in [1.29, 1.82) is 5.41 Å². The van der Waals surface area contributed by atoms with E-state index in [-0.39, 0.29) is 11.4 Å². The molecule has 2 aromatic heterocycles. The molecule has 0 fully saturated rings. The largest absolute Gasteiger partial charge is 0.494 e. The summed E-state index contributed by atoms with van der Waals surface area (Å²) in [6.07, 6.45) is 7.90. The van der Waals surface area contributed by atoms with Gasteiger partial charge in [0, 0.05) is 52.2 Å². The summed E-state index contributed by atoms with van der Waals surface area (Å²) in [5, 5.41) is 17.4. The Hall–Kier alpha value is -4.21. The molecule has 0 bridgehead atoms. The lowest BCUT2D eigenvalue weighted by Gasteiger charge is -2.20. The van der Waals surface area contributed by atoms with Gasteiger partial charge in [0.15, 0.2) is 5.84 Å². The number of benzene rings is 2. The molecule has 0 saturated heterocycles. The number of thioether (sulfide) groups is 1. The molecule has 0 atom stereocenters. The van der Waals surface area contributed by atoms with Gasteiger partial charge >= 0.3 is 0 Å². The van der Waals surface area contributed by atoms with E-state index in [2.05, 4.69) is 19.6 Å². The number of rotatable bonds is 7. The Balaban J connectivity index is 1.23. The second-order valence-electron chi connectivity index (χ2n) is 8.62. The van der Waals surface area contributed by atoms with Crippen LogP contribution in [0.4, 0.5) is 0 Å². The van der Waals surface area contributed by atoms with Crippen LogP contribution in [0.25, 0.3) is 17.0 Å². The first-order chi connectivity index (χ1) is 18.6. The average Bonchev–Trinajstić information content (AvgIpc) is 3.52. The first kappa shape index (κ1) is 24.1. The van der Waals surface area contributed by atoms with Crippen molar-refractivity contribution in [3.8, 4) is 5.75 Å². The number of carbonyl (C=O) groups is 1. The molecule has 2 aromatic carbocycles. The summed E-state index contributed by atoms with van der Waals surface area (Å²) in [6, 6.07) is 19.0. The number of hydrazone groups is 1. The maximum Gasteiger partial charge on any atom is 0.283 e. The predicted molar refractivity (Wildman–Crippen MR) is 152 cm³/mol. The van der Waals surface area contributed by atoms with Crippen LogP contribution in [-0.4, -0.2) is 43.1 Å². The molecule has 1 amide bonds. The third kappa shape index (κ3) is 4.73. The minimum atomic E-state index is -0.454. The molecule has 0 spiro atoms. The van der Waals surface area contributed by atoms with E-state index in [0.29, 0.717) is 21.8 Å². The van der Waals surface area contributed by atoms with Crippen molar-refractivity contribution in [3.05, 3.63) is 101 Å². The third-order valence-electron chi connectivity index (χ3n) is 6.11. The number of aromatic nitrogens is 2. The third-order valence-corrected chi connectivity index (χ3v) is 7.32. The van der Waals surface area contributed by atoms with Crippen LogP contribution in [0.2, 0.25) is 5.02 Å². The number of aliphatic imine (C=N–C) groups is 1. The van der Waals surface area contributed by atoms with E-state index in [1.807, 2.05) is 54.7 Å². The summed E-state index contributed by atoms with van der Waals surface area (Å²) in [4.78, 5) is 21.3. The van der Waals surface area contributed by atoms with Gasteiger partial charge in [-0.2, -0.15) is 15.1 Å². The van der Waals surface area contributed by atoms with Gasteiger partial charge in [0.1, 0.15) is 10.8 Å². The Labute approximate surface area is 227 Å². The molecular formula is C28H21ClN6O2S. The fourth-order valence-electron chi connectivity index (χ4n) is 4.28. The highest BCUT2D eigenvalue weighted by atomic mass is 35.5. The molecule has 188 valence electrons. The second kappa shape index (κ2) is 10.3. The number of fused-ring (bicyclic) bond motifs is 2. The van der Waals surface area contributed by atoms with E-state index in [4.69, 9.17) is 21.7 Å². The van der Waals surface area contributed by atoms with Crippen LogP contribution in [0.3, 0.4) is 0 Å². The van der Waals surface area contributed by atoms with Crippen LogP contribution < -0.4 is 4.74 Å². The summed E-state index contributed by atoms with van der Waals surface area (Å²) in [7, 11) is 0. The van der Waals surface area contributed by atoms with Gasteiger partial charge in [-0.3, -0.25) is 15.2 Å². The standard InChI is InChI=1S/C28H21ClN6O2S/c29-20-8-10-21(11-9-20)37-14-4-13-34-17-19(22-6-1-2-7-24(22)34)15-23-25(30)35-28(32-26(23)36)38-27(33-35)18-5-3-12-31-16-18/h1-3,5-12,15-17,30H,4,13-14H2/b23-15+,30-25?. The van der Waals surface area contributed by atoms with Crippen molar-refractivity contribution in [3.63, 3.8) is 0 Å². The number of nitrogens with one attached hydrogen (secondary N) is 1. The quantitative estimate of drug-likeness (QED) is 0.235. The fraction of sp³-hybridized carbons (Fsp3) is 0.107. The Morgan fingerprint density at radius 3 is 2.74 bits per heavy atom. The van der Waals surface area contributed by atoms with Gasteiger partial charge in [0.2, 0.25) is 5.17 Å². The minimum absolute atomic E-state index is 0.000383. The highest BCUT2D eigenvalue weighted by Gasteiger charge is 2.36. The molecule has 0 radical (unpaired) electrons. The predicted octanol–water partition coefficient (Wildman–Crippen LogP) is 5.83. The smallest absolute Gasteiger partial charge is 0.283 e. The Bertz CT molecular complexity index is 1640. The lowest BCUT2D eigenvalue weighted by atomic mass is 10.1. The summed E-state index contributed by atoms with van der Waals surface area (Å²) in [6.45, 7) is 1.28. The molecule has 4 heterocycles. The molecule has 6 rings (SSSR count). The van der Waals surface area contributed by atoms with Gasteiger partial charge < -0.3 is 9.30 Å². The number of para-hydroxylation sites is 1. The van der Waals surface area contributed by atoms with Crippen LogP contribution in [0.15, 0.2) is 94.9 Å². The zero-order chi connectivity index (χ0) is 26.1. The van der Waals surface area contributed by atoms with Crippen LogP contribution in [0.5, 0.6) is 5.75 Å². The zero-order valence-corrected chi connectivity index (χ0v) is 21.6. The number of nitrogens with zero attached hydrogens (tertiary/aromatic N) is 5. The normalized spacial score (nSPS) is 16.1. The molecule has 2 aliphatic rings. The lowest BCUT2D eigenvalue weighted by Crippen LogP contribution is -2.35. The van der Waals surface area contributed by atoms with Gasteiger partial charge in [-0.25, -0.2) is 0 Å². The summed E-state index contributed by atoms with van der Waals surface area (Å²) < 4.78 is 7.98. The number of pyridine rings is 1. The molecule has 38 heavy (non-hydrogen) atoms. The monoisotopic (exact) mass is 540 g/mol. The number of halogens is 1. The first-order valence-electron chi connectivity index (χ1n) is 11.9. The molecule has 0 saturated carbocycles. The van der Waals surface area contributed by atoms with Crippen molar-refractivity contribution in [2.45, 2.75) is 13.0 Å². The van der Waals surface area contributed by atoms with Gasteiger partial charge in [-0.1, -0.05) is 29.8 Å². The van der Waals surface area contributed by atoms with E-state index in [1.165, 1.54) is 16.8 Å².